The Bertz CT molecular complexity index is 676. The van der Waals surface area contributed by atoms with Crippen LogP contribution in [0.4, 0.5) is 5.69 Å². The van der Waals surface area contributed by atoms with E-state index in [0.29, 0.717) is 12.4 Å². The molecule has 0 aliphatic rings. The van der Waals surface area contributed by atoms with Crippen LogP contribution in [0.15, 0.2) is 54.6 Å². The van der Waals surface area contributed by atoms with E-state index in [2.05, 4.69) is 0 Å². The van der Waals surface area contributed by atoms with Crippen molar-refractivity contribution in [2.45, 2.75) is 13.3 Å². The molecule has 0 bridgehead atoms. The summed E-state index contributed by atoms with van der Waals surface area (Å²) in [5.41, 5.74) is 0.00911. The van der Waals surface area contributed by atoms with Gasteiger partial charge in [-0.3, -0.25) is 10.1 Å². The molecule has 1 unspecified atom stereocenters. The summed E-state index contributed by atoms with van der Waals surface area (Å²) < 4.78 is 11.7. The average molecular weight is 337 g/mol. The molecular formula is C15H16NO4PS. The van der Waals surface area contributed by atoms with E-state index < -0.39 is 11.4 Å². The highest BCUT2D eigenvalue weighted by molar-refractivity contribution is 8.13. The Hall–Kier alpha value is -1.75. The first-order valence-electron chi connectivity index (χ1n) is 6.79. The minimum Gasteiger partial charge on any atom is -0.440 e. The van der Waals surface area contributed by atoms with Crippen LogP contribution in [0.2, 0.25) is 0 Å². The predicted molar refractivity (Wildman–Crippen MR) is 90.3 cm³/mol. The van der Waals surface area contributed by atoms with Gasteiger partial charge in [0.25, 0.3) is 12.2 Å². The summed E-state index contributed by atoms with van der Waals surface area (Å²) in [6.45, 7) is -0.190. The summed E-state index contributed by atoms with van der Waals surface area (Å²) in [6.07, 6.45) is 0.828. The van der Waals surface area contributed by atoms with Crippen molar-refractivity contribution in [3.05, 3.63) is 64.7 Å². The van der Waals surface area contributed by atoms with E-state index in [1.165, 1.54) is 24.3 Å². The number of non-ortho nitro benzene ring substituents is 1. The van der Waals surface area contributed by atoms with Gasteiger partial charge in [0.05, 0.1) is 11.5 Å². The van der Waals surface area contributed by atoms with Gasteiger partial charge in [-0.2, -0.15) is 0 Å². The van der Waals surface area contributed by atoms with Crippen LogP contribution in [0.1, 0.15) is 13.3 Å². The molecule has 5 nitrogen and oxygen atoms in total. The minimum atomic E-state index is -2.69. The maximum absolute atomic E-state index is 10.7. The second kappa shape index (κ2) is 7.49. The number of hydrogen-bond donors (Lipinski definition) is 0. The predicted octanol–water partition coefficient (Wildman–Crippen LogP) is 4.04. The molecule has 2 rings (SSSR count). The Kier molecular flexibility index (Phi) is 5.66. The van der Waals surface area contributed by atoms with E-state index >= 15 is 0 Å². The van der Waals surface area contributed by atoms with Gasteiger partial charge in [0.1, 0.15) is 5.75 Å². The largest absolute Gasteiger partial charge is 0.440 e. The van der Waals surface area contributed by atoms with Crippen LogP contribution >= 0.6 is 6.49 Å². The first kappa shape index (κ1) is 16.6. The summed E-state index contributed by atoms with van der Waals surface area (Å²) >= 11 is 5.63. The highest BCUT2D eigenvalue weighted by atomic mass is 32.5. The fraction of sp³-hybridized carbons (Fsp3) is 0.200. The smallest absolute Gasteiger partial charge is 0.269 e. The van der Waals surface area contributed by atoms with E-state index in [9.17, 15) is 10.1 Å². The number of nitro benzene ring substituents is 1. The first-order valence-corrected chi connectivity index (χ1v) is 9.43. The summed E-state index contributed by atoms with van der Waals surface area (Å²) in [5.74, 6) is 0.467. The third kappa shape index (κ3) is 4.13. The lowest BCUT2D eigenvalue weighted by Gasteiger charge is -2.23. The van der Waals surface area contributed by atoms with Crippen molar-refractivity contribution < 1.29 is 14.0 Å². The number of nitrogens with zero attached hydrogens (tertiary/aromatic N) is 1. The van der Waals surface area contributed by atoms with Crippen molar-refractivity contribution in [1.29, 1.82) is 0 Å². The zero-order chi connectivity index (χ0) is 16.0. The molecule has 2 aromatic rings. The quantitative estimate of drug-likeness (QED) is 0.433. The van der Waals surface area contributed by atoms with E-state index in [1.54, 1.807) is 0 Å². The van der Waals surface area contributed by atoms with Crippen LogP contribution in [0, 0.1) is 10.1 Å². The normalized spacial score (nSPS) is 13.3. The van der Waals surface area contributed by atoms with Gasteiger partial charge in [-0.15, -0.1) is 0 Å². The molecule has 0 aliphatic carbocycles. The number of rotatable bonds is 7. The summed E-state index contributed by atoms with van der Waals surface area (Å²) in [6, 6.07) is 15.3. The third-order valence-electron chi connectivity index (χ3n) is 2.81. The van der Waals surface area contributed by atoms with Crippen molar-refractivity contribution in [3.8, 4) is 5.75 Å². The molecule has 0 spiro atoms. The Labute approximate surface area is 134 Å². The standard InChI is InChI=1S/C15H16NO4PS/c1-2-12-19-21(22,15-6-4-3-5-7-15)20-14-10-8-13(9-11-14)16(17)18/h3-11H,2,12H2,1H3. The van der Waals surface area contributed by atoms with Crippen molar-refractivity contribution in [3.63, 3.8) is 0 Å². The van der Waals surface area contributed by atoms with Crippen molar-refractivity contribution in [2.24, 2.45) is 0 Å². The van der Waals surface area contributed by atoms with Gasteiger partial charge in [0.2, 0.25) is 0 Å². The highest BCUT2D eigenvalue weighted by Crippen LogP contribution is 2.47. The van der Waals surface area contributed by atoms with Crippen molar-refractivity contribution in [1.82, 2.24) is 0 Å². The van der Waals surface area contributed by atoms with E-state index in [1.807, 2.05) is 37.3 Å². The molecule has 0 saturated heterocycles. The highest BCUT2D eigenvalue weighted by Gasteiger charge is 2.23. The molecule has 0 amide bonds. The van der Waals surface area contributed by atoms with Crippen LogP contribution in [-0.2, 0) is 16.3 Å². The second-order valence-corrected chi connectivity index (χ2v) is 7.90. The first-order chi connectivity index (χ1) is 10.5. The van der Waals surface area contributed by atoms with Gasteiger partial charge in [0.15, 0.2) is 0 Å². The number of nitro groups is 1. The van der Waals surface area contributed by atoms with E-state index in [0.717, 1.165) is 11.7 Å². The lowest BCUT2D eigenvalue weighted by atomic mass is 10.3. The fourth-order valence-corrected chi connectivity index (χ4v) is 4.26. The molecule has 0 N–H and O–H groups in total. The van der Waals surface area contributed by atoms with Crippen LogP contribution in [0.3, 0.4) is 0 Å². The molecule has 116 valence electrons. The molecular weight excluding hydrogens is 321 g/mol. The molecule has 0 aromatic heterocycles. The topological polar surface area (TPSA) is 61.6 Å². The molecule has 0 aliphatic heterocycles. The molecule has 0 radical (unpaired) electrons. The van der Waals surface area contributed by atoms with Crippen molar-refractivity contribution in [2.75, 3.05) is 6.61 Å². The molecule has 0 heterocycles. The van der Waals surface area contributed by atoms with Gasteiger partial charge < -0.3 is 9.05 Å². The van der Waals surface area contributed by atoms with E-state index in [-0.39, 0.29) is 5.69 Å². The van der Waals surface area contributed by atoms with Crippen LogP contribution < -0.4 is 9.83 Å². The lowest BCUT2D eigenvalue weighted by molar-refractivity contribution is -0.384. The van der Waals surface area contributed by atoms with Gasteiger partial charge >= 0.3 is 0 Å². The van der Waals surface area contributed by atoms with Gasteiger partial charge in [0, 0.05) is 17.4 Å². The Morgan fingerprint density at radius 2 is 1.77 bits per heavy atom. The van der Waals surface area contributed by atoms with E-state index in [4.69, 9.17) is 20.9 Å². The second-order valence-electron chi connectivity index (χ2n) is 4.51. The third-order valence-corrected chi connectivity index (χ3v) is 5.89. The molecule has 0 fully saturated rings. The maximum Gasteiger partial charge on any atom is 0.269 e. The van der Waals surface area contributed by atoms with Crippen LogP contribution in [0.5, 0.6) is 5.75 Å². The summed E-state index contributed by atoms with van der Waals surface area (Å²) in [7, 11) is 0. The lowest BCUT2D eigenvalue weighted by Crippen LogP contribution is -2.12. The molecule has 7 heteroatoms. The molecule has 0 saturated carbocycles. The van der Waals surface area contributed by atoms with Gasteiger partial charge in [-0.1, -0.05) is 25.1 Å². The average Bonchev–Trinajstić information content (AvgIpc) is 2.54. The monoisotopic (exact) mass is 337 g/mol. The summed E-state index contributed by atoms with van der Waals surface area (Å²) in [4.78, 5) is 10.2. The molecule has 1 atom stereocenters. The number of hydrogen-bond acceptors (Lipinski definition) is 5. The zero-order valence-electron chi connectivity index (χ0n) is 12.0. The number of benzene rings is 2. The maximum atomic E-state index is 10.7. The fourth-order valence-electron chi connectivity index (χ4n) is 1.74. The van der Waals surface area contributed by atoms with Crippen LogP contribution in [-0.4, -0.2) is 11.5 Å². The SMILES string of the molecule is CCCOP(=S)(Oc1ccc([N+](=O)[O-])cc1)c1ccccc1. The molecule has 2 aromatic carbocycles. The summed E-state index contributed by atoms with van der Waals surface area (Å²) in [5, 5.41) is 11.5. The zero-order valence-corrected chi connectivity index (χ0v) is 13.8. The van der Waals surface area contributed by atoms with Crippen molar-refractivity contribution >= 4 is 29.3 Å². The molecule has 22 heavy (non-hydrogen) atoms. The van der Waals surface area contributed by atoms with Gasteiger partial charge in [-0.25, -0.2) is 0 Å². The van der Waals surface area contributed by atoms with Gasteiger partial charge in [-0.05, 0) is 42.5 Å². The minimum absolute atomic E-state index is 0.00911. The Balaban J connectivity index is 2.27. The Morgan fingerprint density at radius 3 is 2.32 bits per heavy atom. The Morgan fingerprint density at radius 1 is 1.14 bits per heavy atom. The van der Waals surface area contributed by atoms with Crippen LogP contribution in [0.25, 0.3) is 0 Å².